The van der Waals surface area contributed by atoms with Gasteiger partial charge >= 0.3 is 5.97 Å². The molecule has 7 nitrogen and oxygen atoms in total. The highest BCUT2D eigenvalue weighted by Gasteiger charge is 2.15. The molecule has 5 aromatic rings. The van der Waals surface area contributed by atoms with Crippen molar-refractivity contribution in [3.05, 3.63) is 233 Å². The maximum absolute atomic E-state index is 10.2. The number of hydrogen-bond acceptors (Lipinski definition) is 7. The smallest absolute Gasteiger partial charge is 0.302 e. The van der Waals surface area contributed by atoms with E-state index in [0.29, 0.717) is 0 Å². The molecule has 0 aliphatic heterocycles. The molecule has 2 unspecified atom stereocenters. The first-order valence-electron chi connectivity index (χ1n) is 37.9. The van der Waals surface area contributed by atoms with Crippen LogP contribution in [0.4, 0.5) is 0 Å². The molecule has 0 bridgehead atoms. The fourth-order valence-electron chi connectivity index (χ4n) is 9.24. The van der Waals surface area contributed by atoms with Crippen molar-refractivity contribution in [1.29, 1.82) is 16.2 Å². The van der Waals surface area contributed by atoms with E-state index in [0.717, 1.165) is 109 Å². The van der Waals surface area contributed by atoms with Crippen molar-refractivity contribution in [2.75, 3.05) is 6.54 Å². The third kappa shape index (κ3) is 48.6. The third-order valence-corrected chi connectivity index (χ3v) is 17.2. The molecule has 5 aliphatic carbocycles. The van der Waals surface area contributed by atoms with E-state index in [1.54, 1.807) is 62.7 Å². The second-order valence-corrected chi connectivity index (χ2v) is 26.1. The second kappa shape index (κ2) is 64.6. The molecule has 0 radical (unpaired) electrons. The SMILES string of the molecule is CC.CC1=C(C)Cc2ccccc2C1.CC1=C(C)Cc2ccccc2C1.CC1=C(C)Cc2ccccc2C1.CC1=C(C)Cc2ccccc2C1.CC1=C(C)Cc2ccccc2C1.CCC(C)O.CCC(C)OC(C)=O.CCC=N.CCC=N.CCC=N.CCCC.CCCC.CCCN. The van der Waals surface area contributed by atoms with Crippen LogP contribution in [0, 0.1) is 16.2 Å². The molecule has 5 aromatic carbocycles. The summed E-state index contributed by atoms with van der Waals surface area (Å²) in [7, 11) is 0. The molecule has 0 heterocycles. The summed E-state index contributed by atoms with van der Waals surface area (Å²) in [5.41, 5.74) is 35.7. The maximum atomic E-state index is 10.2. The molecule has 0 saturated carbocycles. The lowest BCUT2D eigenvalue weighted by Crippen LogP contribution is -2.09. The quantitative estimate of drug-likeness (QED) is 0.0569. The van der Waals surface area contributed by atoms with Crippen LogP contribution in [-0.2, 0) is 73.7 Å². The Morgan fingerprint density at radius 3 is 0.556 bits per heavy atom. The number of hydrogen-bond donors (Lipinski definition) is 5. The largest absolute Gasteiger partial charge is 0.463 e. The number of ether oxygens (including phenoxy) is 1. The summed E-state index contributed by atoms with van der Waals surface area (Å²) in [6.07, 6.45) is 26.3. The van der Waals surface area contributed by atoms with Crippen LogP contribution >= 0.6 is 0 Å². The Bertz CT molecular complexity index is 2490. The van der Waals surface area contributed by atoms with E-state index >= 15 is 0 Å². The van der Waals surface area contributed by atoms with Gasteiger partial charge in [-0.15, -0.1) is 0 Å². The molecule has 0 amide bonds. The molecule has 0 aromatic heterocycles. The van der Waals surface area contributed by atoms with Crippen molar-refractivity contribution in [1.82, 2.24) is 0 Å². The average molecular weight is 1360 g/mol. The van der Waals surface area contributed by atoms with E-state index in [1.165, 1.54) is 107 Å². The number of aliphatic hydroxyl groups is 1. The van der Waals surface area contributed by atoms with Gasteiger partial charge in [-0.1, -0.05) is 286 Å². The van der Waals surface area contributed by atoms with E-state index in [4.69, 9.17) is 31.8 Å². The Morgan fingerprint density at radius 1 is 0.364 bits per heavy atom. The van der Waals surface area contributed by atoms with Gasteiger partial charge in [0.05, 0.1) is 12.2 Å². The first kappa shape index (κ1) is 98.6. The number of allylic oxidation sites excluding steroid dienone is 10. The highest BCUT2D eigenvalue weighted by molar-refractivity contribution is 5.66. The summed E-state index contributed by atoms with van der Waals surface area (Å²) in [4.78, 5) is 10.2. The number of unbranched alkanes of at least 4 members (excludes halogenated alkanes) is 2. The van der Waals surface area contributed by atoms with Gasteiger partial charge in [-0.3, -0.25) is 4.79 Å². The monoisotopic (exact) mass is 1360 g/mol. The van der Waals surface area contributed by atoms with E-state index < -0.39 is 0 Å². The van der Waals surface area contributed by atoms with Crippen molar-refractivity contribution in [2.45, 2.75) is 314 Å². The first-order chi connectivity index (χ1) is 47.3. The molecule has 6 N–H and O–H groups in total. The number of nitrogens with one attached hydrogen (secondary N) is 3. The number of carbonyl (C=O) groups excluding carboxylic acids is 1. The molecule has 0 fully saturated rings. The van der Waals surface area contributed by atoms with Crippen molar-refractivity contribution < 1.29 is 14.6 Å². The number of nitrogens with two attached hydrogens (primary N) is 1. The van der Waals surface area contributed by atoms with Gasteiger partial charge in [-0.05, 0) is 267 Å². The van der Waals surface area contributed by atoms with Crippen LogP contribution in [-0.4, -0.2) is 48.5 Å². The summed E-state index contributed by atoms with van der Waals surface area (Å²) >= 11 is 0. The zero-order chi connectivity index (χ0) is 76.1. The van der Waals surface area contributed by atoms with Crippen LogP contribution in [0.1, 0.15) is 293 Å². The molecule has 10 rings (SSSR count). The zero-order valence-corrected chi connectivity index (χ0v) is 68.1. The lowest BCUT2D eigenvalue weighted by atomic mass is 9.88. The van der Waals surface area contributed by atoms with Gasteiger partial charge in [0.2, 0.25) is 0 Å². The second-order valence-electron chi connectivity index (χ2n) is 26.1. The number of carbonyl (C=O) groups is 1. The number of esters is 1. The van der Waals surface area contributed by atoms with Crippen LogP contribution in [0.25, 0.3) is 0 Å². The molecule has 0 saturated heterocycles. The summed E-state index contributed by atoms with van der Waals surface area (Å²) < 4.78 is 4.76. The summed E-state index contributed by atoms with van der Waals surface area (Å²) in [5.74, 6) is -0.195. The van der Waals surface area contributed by atoms with Gasteiger partial charge in [0.1, 0.15) is 0 Å². The van der Waals surface area contributed by atoms with Crippen LogP contribution < -0.4 is 5.73 Å². The van der Waals surface area contributed by atoms with Crippen molar-refractivity contribution in [3.8, 4) is 0 Å². The van der Waals surface area contributed by atoms with Gasteiger partial charge in [0, 0.05) is 6.92 Å². The molecule has 2 atom stereocenters. The fraction of sp³-hybridized carbons (Fsp3) is 0.522. The summed E-state index contributed by atoms with van der Waals surface area (Å²) in [6.45, 7) is 52.8. The molecule has 554 valence electrons. The van der Waals surface area contributed by atoms with E-state index in [1.807, 2.05) is 55.4 Å². The lowest BCUT2D eigenvalue weighted by molar-refractivity contribution is -0.145. The predicted molar refractivity (Wildman–Crippen MR) is 444 cm³/mol. The normalized spacial score (nSPS) is 13.3. The molecule has 5 aliphatic rings. The number of rotatable bonds is 9. The Balaban J connectivity index is -0.000000507. The van der Waals surface area contributed by atoms with Gasteiger partial charge < -0.3 is 31.8 Å². The third-order valence-electron chi connectivity index (χ3n) is 17.2. The highest BCUT2D eigenvalue weighted by atomic mass is 16.5. The summed E-state index contributed by atoms with van der Waals surface area (Å²) in [5, 5.41) is 27.3. The van der Waals surface area contributed by atoms with E-state index in [2.05, 4.69) is 225 Å². The Hall–Kier alpha value is -6.80. The average Bonchev–Trinajstić information content (AvgIpc) is 0.880. The zero-order valence-electron chi connectivity index (χ0n) is 68.1. The van der Waals surface area contributed by atoms with E-state index in [-0.39, 0.29) is 18.2 Å². The van der Waals surface area contributed by atoms with Crippen LogP contribution in [0.15, 0.2) is 177 Å². The van der Waals surface area contributed by atoms with Gasteiger partial charge in [0.25, 0.3) is 0 Å². The first-order valence-corrected chi connectivity index (χ1v) is 37.9. The van der Waals surface area contributed by atoms with Crippen LogP contribution in [0.3, 0.4) is 0 Å². The Kier molecular flexibility index (Phi) is 64.3. The lowest BCUT2D eigenvalue weighted by Gasteiger charge is -2.18. The Labute approximate surface area is 610 Å². The van der Waals surface area contributed by atoms with Gasteiger partial charge in [-0.25, -0.2) is 0 Å². The number of benzene rings is 5. The van der Waals surface area contributed by atoms with Crippen molar-refractivity contribution in [3.63, 3.8) is 0 Å². The topological polar surface area (TPSA) is 144 Å². The minimum absolute atomic E-state index is 0.0764. The van der Waals surface area contributed by atoms with E-state index in [9.17, 15) is 4.79 Å². The fourth-order valence-corrected chi connectivity index (χ4v) is 9.24. The number of fused-ring (bicyclic) bond motifs is 5. The van der Waals surface area contributed by atoms with Crippen LogP contribution in [0.5, 0.6) is 0 Å². The van der Waals surface area contributed by atoms with Crippen molar-refractivity contribution >= 4 is 24.6 Å². The molecular formula is C92H148N4O3. The maximum Gasteiger partial charge on any atom is 0.302 e. The molecule has 0 spiro atoms. The molecule has 99 heavy (non-hydrogen) atoms. The number of aliphatic hydroxyl groups excluding tert-OH is 1. The highest BCUT2D eigenvalue weighted by Crippen LogP contribution is 2.29. The Morgan fingerprint density at radius 2 is 0.495 bits per heavy atom. The summed E-state index contributed by atoms with van der Waals surface area (Å²) in [6, 6.07) is 43.7. The van der Waals surface area contributed by atoms with Crippen molar-refractivity contribution in [2.24, 2.45) is 5.73 Å². The molecular weight excluding hydrogens is 1210 g/mol. The minimum Gasteiger partial charge on any atom is -0.463 e. The van der Waals surface area contributed by atoms with Crippen LogP contribution in [0.2, 0.25) is 0 Å². The molecule has 7 heteroatoms. The predicted octanol–water partition coefficient (Wildman–Crippen LogP) is 25.9. The standard InChI is InChI=1S/5C12H14.C6H12O2.C4H10O.2C4H10.C3H9N.3C3H7N.C2H6/c5*1-9-7-11-5-3-4-6-12(11)8-10(9)2;1-4-5(2)8-6(3)7;1-3-4(2)5;2*1-3-4-2;4*1-2-3-4;1-2/h5*3-6H,7-8H2,1-2H3;5H,4H2,1-3H3;4-5H,3H2,1-2H3;2*3-4H2,1-2H3;2-4H2,1H3;3*3-4H,2H2,1H3;1-2H3. The van der Waals surface area contributed by atoms with Gasteiger partial charge in [0.15, 0.2) is 0 Å². The minimum atomic E-state index is -0.195. The van der Waals surface area contributed by atoms with Gasteiger partial charge in [-0.2, -0.15) is 0 Å².